The fourth-order valence-corrected chi connectivity index (χ4v) is 1.34. The maximum Gasteiger partial charge on any atom is 0.251 e. The van der Waals surface area contributed by atoms with Gasteiger partial charge in [0.05, 0.1) is 17.4 Å². The van der Waals surface area contributed by atoms with Gasteiger partial charge in [0, 0.05) is 5.69 Å². The van der Waals surface area contributed by atoms with Crippen molar-refractivity contribution in [3.8, 4) is 5.95 Å². The smallest absolute Gasteiger partial charge is 0.251 e. The predicted octanol–water partition coefficient (Wildman–Crippen LogP) is 0.908. The zero-order valence-corrected chi connectivity index (χ0v) is 9.23. The van der Waals surface area contributed by atoms with Gasteiger partial charge in [0.25, 0.3) is 5.95 Å². The fraction of sp³-hybridized carbons (Fsp3) is 0.111. The Labute approximate surface area is 96.6 Å². The third kappa shape index (κ3) is 2.01. The van der Waals surface area contributed by atoms with Crippen LogP contribution in [0.25, 0.3) is 5.95 Å². The lowest BCUT2D eigenvalue weighted by Gasteiger charge is -2.03. The van der Waals surface area contributed by atoms with E-state index in [0.29, 0.717) is 22.4 Å². The lowest BCUT2D eigenvalue weighted by Crippen LogP contribution is -2.16. The van der Waals surface area contributed by atoms with Crippen LogP contribution < -0.4 is 5.73 Å². The van der Waals surface area contributed by atoms with E-state index in [4.69, 9.17) is 22.7 Å². The highest BCUT2D eigenvalue weighted by atomic mass is 35.5. The molecule has 16 heavy (non-hydrogen) atoms. The summed E-state index contributed by atoms with van der Waals surface area (Å²) in [5, 5.41) is 11.8. The first kappa shape index (κ1) is 10.6. The summed E-state index contributed by atoms with van der Waals surface area (Å²) in [4.78, 5) is 8.28. The number of nitrogens with zero attached hydrogens (tertiary/aromatic N) is 4. The fourth-order valence-electron chi connectivity index (χ4n) is 1.20. The number of hydrogen-bond donors (Lipinski definition) is 2. The molecule has 0 aliphatic heterocycles. The number of nitrogens with one attached hydrogen (secondary N) is 1. The molecule has 0 saturated carbocycles. The molecule has 2 aromatic rings. The van der Waals surface area contributed by atoms with Crippen molar-refractivity contribution in [3.63, 3.8) is 0 Å². The van der Waals surface area contributed by atoms with Gasteiger partial charge >= 0.3 is 0 Å². The van der Waals surface area contributed by atoms with Crippen molar-refractivity contribution in [1.29, 1.82) is 5.41 Å². The average molecular weight is 237 g/mol. The molecular formula is C9H9ClN6. The molecule has 0 fully saturated rings. The monoisotopic (exact) mass is 236 g/mol. The van der Waals surface area contributed by atoms with Crippen LogP contribution in [0.5, 0.6) is 0 Å². The van der Waals surface area contributed by atoms with Crippen LogP contribution in [0.2, 0.25) is 5.02 Å². The van der Waals surface area contributed by atoms with Gasteiger partial charge in [-0.05, 0) is 13.0 Å². The van der Waals surface area contributed by atoms with E-state index in [-0.39, 0.29) is 5.84 Å². The Bertz CT molecular complexity index is 547. The van der Waals surface area contributed by atoms with Gasteiger partial charge in [-0.15, -0.1) is 0 Å². The molecule has 0 bridgehead atoms. The molecule has 3 N–H and O–H groups in total. The summed E-state index contributed by atoms with van der Waals surface area (Å²) in [6.45, 7) is 1.79. The first-order valence-corrected chi connectivity index (χ1v) is 4.84. The molecule has 7 heteroatoms. The molecular weight excluding hydrogens is 228 g/mol. The van der Waals surface area contributed by atoms with Crippen LogP contribution in [-0.4, -0.2) is 25.6 Å². The maximum absolute atomic E-state index is 7.33. The second-order valence-electron chi connectivity index (χ2n) is 3.21. The van der Waals surface area contributed by atoms with Gasteiger partial charge < -0.3 is 5.73 Å². The highest BCUT2D eigenvalue weighted by Gasteiger charge is 2.07. The molecule has 6 nitrogen and oxygen atoms in total. The Morgan fingerprint density at radius 2 is 2.25 bits per heavy atom. The van der Waals surface area contributed by atoms with Crippen molar-refractivity contribution in [3.05, 3.63) is 34.9 Å². The molecule has 0 aromatic carbocycles. The second-order valence-corrected chi connectivity index (χ2v) is 3.65. The Kier molecular flexibility index (Phi) is 2.57. The predicted molar refractivity (Wildman–Crippen MR) is 59.9 cm³/mol. The molecule has 0 aliphatic carbocycles. The molecule has 0 unspecified atom stereocenters. The van der Waals surface area contributed by atoms with Crippen molar-refractivity contribution >= 4 is 17.4 Å². The third-order valence-corrected chi connectivity index (χ3v) is 2.07. The molecule has 0 aliphatic rings. The minimum absolute atomic E-state index is 0.106. The van der Waals surface area contributed by atoms with Gasteiger partial charge in [-0.3, -0.25) is 5.41 Å². The lowest BCUT2D eigenvalue weighted by molar-refractivity contribution is 0.798. The second kappa shape index (κ2) is 3.90. The van der Waals surface area contributed by atoms with Crippen LogP contribution in [0.15, 0.2) is 18.5 Å². The van der Waals surface area contributed by atoms with Crippen LogP contribution in [0.4, 0.5) is 0 Å². The molecule has 0 saturated heterocycles. The topological polar surface area (TPSA) is 93.5 Å². The lowest BCUT2D eigenvalue weighted by atomic mass is 10.3. The van der Waals surface area contributed by atoms with Crippen LogP contribution in [0.3, 0.4) is 0 Å². The summed E-state index contributed by atoms with van der Waals surface area (Å²) in [7, 11) is 0. The summed E-state index contributed by atoms with van der Waals surface area (Å²) in [5.74, 6) is 0.238. The molecule has 2 heterocycles. The number of halogens is 1. The standard InChI is InChI=1S/C9H9ClN6/c1-5-2-7(8(11)12)15-9(14-5)16-4-6(10)3-13-16/h2-4H,1H3,(H3,11,12). The van der Waals surface area contributed by atoms with Crippen molar-refractivity contribution in [2.24, 2.45) is 5.73 Å². The first-order chi connectivity index (χ1) is 7.56. The quantitative estimate of drug-likeness (QED) is 0.599. The zero-order chi connectivity index (χ0) is 11.7. The Morgan fingerprint density at radius 3 is 2.81 bits per heavy atom. The number of nitrogens with two attached hydrogens (primary N) is 1. The summed E-state index contributed by atoms with van der Waals surface area (Å²) in [5.41, 5.74) is 6.45. The molecule has 0 amide bonds. The highest BCUT2D eigenvalue weighted by molar-refractivity contribution is 6.30. The minimum atomic E-state index is -0.106. The van der Waals surface area contributed by atoms with E-state index < -0.39 is 0 Å². The van der Waals surface area contributed by atoms with Gasteiger partial charge in [-0.1, -0.05) is 11.6 Å². The normalized spacial score (nSPS) is 10.4. The van der Waals surface area contributed by atoms with Crippen LogP contribution in [0.1, 0.15) is 11.4 Å². The number of amidine groups is 1. The zero-order valence-electron chi connectivity index (χ0n) is 8.48. The maximum atomic E-state index is 7.33. The van der Waals surface area contributed by atoms with Crippen LogP contribution >= 0.6 is 11.6 Å². The van der Waals surface area contributed by atoms with Crippen molar-refractivity contribution in [2.45, 2.75) is 6.92 Å². The van der Waals surface area contributed by atoms with E-state index in [1.54, 1.807) is 19.2 Å². The highest BCUT2D eigenvalue weighted by Crippen LogP contribution is 2.09. The van der Waals surface area contributed by atoms with Crippen molar-refractivity contribution < 1.29 is 0 Å². The summed E-state index contributed by atoms with van der Waals surface area (Å²) >= 11 is 5.75. The van der Waals surface area contributed by atoms with Crippen molar-refractivity contribution in [2.75, 3.05) is 0 Å². The van der Waals surface area contributed by atoms with E-state index in [0.717, 1.165) is 0 Å². The molecule has 0 atom stereocenters. The van der Waals surface area contributed by atoms with Crippen LogP contribution in [-0.2, 0) is 0 Å². The van der Waals surface area contributed by atoms with Crippen LogP contribution in [0, 0.1) is 12.3 Å². The van der Waals surface area contributed by atoms with Crippen molar-refractivity contribution in [1.82, 2.24) is 19.7 Å². The summed E-state index contributed by atoms with van der Waals surface area (Å²) in [6, 6.07) is 1.64. The average Bonchev–Trinajstić information content (AvgIpc) is 2.64. The van der Waals surface area contributed by atoms with Gasteiger partial charge in [-0.2, -0.15) is 5.10 Å². The van der Waals surface area contributed by atoms with E-state index in [2.05, 4.69) is 15.1 Å². The molecule has 0 spiro atoms. The van der Waals surface area contributed by atoms with E-state index in [1.807, 2.05) is 0 Å². The van der Waals surface area contributed by atoms with Gasteiger partial charge in [0.15, 0.2) is 0 Å². The third-order valence-electron chi connectivity index (χ3n) is 1.87. The SMILES string of the molecule is Cc1cc(C(=N)N)nc(-n2cc(Cl)cn2)n1. The van der Waals surface area contributed by atoms with Gasteiger partial charge in [0.1, 0.15) is 11.5 Å². The molecule has 82 valence electrons. The Morgan fingerprint density at radius 1 is 1.50 bits per heavy atom. The molecule has 2 rings (SSSR count). The van der Waals surface area contributed by atoms with E-state index in [9.17, 15) is 0 Å². The summed E-state index contributed by atoms with van der Waals surface area (Å²) in [6.07, 6.45) is 3.07. The Hall–Kier alpha value is -1.95. The molecule has 2 aromatic heterocycles. The number of aromatic nitrogens is 4. The van der Waals surface area contributed by atoms with Gasteiger partial charge in [-0.25, -0.2) is 14.6 Å². The number of aryl methyl sites for hydroxylation is 1. The number of nitrogen functional groups attached to an aromatic ring is 1. The molecule has 0 radical (unpaired) electrons. The van der Waals surface area contributed by atoms with Gasteiger partial charge in [0.2, 0.25) is 0 Å². The minimum Gasteiger partial charge on any atom is -0.382 e. The number of rotatable bonds is 2. The van der Waals surface area contributed by atoms with E-state index in [1.165, 1.54) is 10.9 Å². The largest absolute Gasteiger partial charge is 0.382 e. The summed E-state index contributed by atoms with van der Waals surface area (Å²) < 4.78 is 1.43. The Balaban J connectivity index is 2.53. The first-order valence-electron chi connectivity index (χ1n) is 4.47. The number of hydrogen-bond acceptors (Lipinski definition) is 4. The van der Waals surface area contributed by atoms with E-state index >= 15 is 0 Å².